The fourth-order valence-electron chi connectivity index (χ4n) is 2.74. The predicted octanol–water partition coefficient (Wildman–Crippen LogP) is 3.99. The lowest BCUT2D eigenvalue weighted by Gasteiger charge is -2.29. The molecule has 0 spiro atoms. The van der Waals surface area contributed by atoms with Crippen molar-refractivity contribution in [1.82, 2.24) is 14.9 Å². The SMILES string of the molecule is CC(C)(C)c1ncc2c(n1)CCN(Cc1ccccc1Cl)C2. The number of benzene rings is 1. The molecule has 2 aromatic rings. The second-order valence-electron chi connectivity index (χ2n) is 6.97. The minimum atomic E-state index is 0.00370. The van der Waals surface area contributed by atoms with E-state index in [1.807, 2.05) is 24.4 Å². The molecule has 0 unspecified atom stereocenters. The summed E-state index contributed by atoms with van der Waals surface area (Å²) >= 11 is 6.26. The van der Waals surface area contributed by atoms with Gasteiger partial charge in [-0.3, -0.25) is 4.90 Å². The standard InChI is InChI=1S/C18H22ClN3/c1-18(2,3)17-20-10-14-12-22(9-8-16(14)21-17)11-13-6-4-5-7-15(13)19/h4-7,10H,8-9,11-12H2,1-3H3. The number of rotatable bonds is 2. The highest BCUT2D eigenvalue weighted by atomic mass is 35.5. The molecular formula is C18H22ClN3. The number of aromatic nitrogens is 2. The highest BCUT2D eigenvalue weighted by molar-refractivity contribution is 6.31. The lowest BCUT2D eigenvalue weighted by Crippen LogP contribution is -2.32. The van der Waals surface area contributed by atoms with Gasteiger partial charge >= 0.3 is 0 Å². The summed E-state index contributed by atoms with van der Waals surface area (Å²) in [5.74, 6) is 0.936. The molecule has 0 amide bonds. The van der Waals surface area contributed by atoms with Gasteiger partial charge in [-0.15, -0.1) is 0 Å². The van der Waals surface area contributed by atoms with Crippen LogP contribution in [-0.2, 0) is 24.9 Å². The van der Waals surface area contributed by atoms with Crippen LogP contribution in [0.15, 0.2) is 30.5 Å². The number of hydrogen-bond donors (Lipinski definition) is 0. The molecule has 116 valence electrons. The number of nitrogens with zero attached hydrogens (tertiary/aromatic N) is 3. The van der Waals surface area contributed by atoms with Crippen LogP contribution in [-0.4, -0.2) is 21.4 Å². The third-order valence-electron chi connectivity index (χ3n) is 4.04. The van der Waals surface area contributed by atoms with Crippen LogP contribution in [0.4, 0.5) is 0 Å². The highest BCUT2D eigenvalue weighted by Crippen LogP contribution is 2.24. The van der Waals surface area contributed by atoms with E-state index in [1.54, 1.807) is 0 Å². The van der Waals surface area contributed by atoms with E-state index in [1.165, 1.54) is 16.8 Å². The van der Waals surface area contributed by atoms with Crippen LogP contribution in [0, 0.1) is 0 Å². The van der Waals surface area contributed by atoms with Crippen LogP contribution >= 0.6 is 11.6 Å². The Morgan fingerprint density at radius 3 is 2.73 bits per heavy atom. The van der Waals surface area contributed by atoms with Gasteiger partial charge in [0.15, 0.2) is 0 Å². The molecule has 0 bridgehead atoms. The summed E-state index contributed by atoms with van der Waals surface area (Å²) < 4.78 is 0. The molecule has 22 heavy (non-hydrogen) atoms. The van der Waals surface area contributed by atoms with Crippen LogP contribution in [0.2, 0.25) is 5.02 Å². The maximum atomic E-state index is 6.26. The summed E-state index contributed by atoms with van der Waals surface area (Å²) in [6, 6.07) is 8.06. The van der Waals surface area contributed by atoms with Gasteiger partial charge in [-0.25, -0.2) is 9.97 Å². The topological polar surface area (TPSA) is 29.0 Å². The first-order valence-electron chi connectivity index (χ1n) is 7.74. The molecule has 0 saturated carbocycles. The number of fused-ring (bicyclic) bond motifs is 1. The van der Waals surface area contributed by atoms with Crippen molar-refractivity contribution in [2.45, 2.75) is 45.7 Å². The fraction of sp³-hybridized carbons (Fsp3) is 0.444. The van der Waals surface area contributed by atoms with Gasteiger partial charge in [0.1, 0.15) is 5.82 Å². The summed E-state index contributed by atoms with van der Waals surface area (Å²) in [5.41, 5.74) is 3.63. The van der Waals surface area contributed by atoms with E-state index >= 15 is 0 Å². The number of hydrogen-bond acceptors (Lipinski definition) is 3. The largest absolute Gasteiger partial charge is 0.294 e. The molecule has 4 heteroatoms. The lowest BCUT2D eigenvalue weighted by molar-refractivity contribution is 0.242. The first kappa shape index (κ1) is 15.4. The van der Waals surface area contributed by atoms with Gasteiger partial charge in [0, 0.05) is 53.9 Å². The van der Waals surface area contributed by atoms with E-state index in [0.717, 1.165) is 36.9 Å². The summed E-state index contributed by atoms with van der Waals surface area (Å²) in [6.07, 6.45) is 2.98. The Hall–Kier alpha value is -1.45. The molecule has 0 fully saturated rings. The second-order valence-corrected chi connectivity index (χ2v) is 7.37. The van der Waals surface area contributed by atoms with Gasteiger partial charge in [0.05, 0.1) is 0 Å². The monoisotopic (exact) mass is 315 g/mol. The van der Waals surface area contributed by atoms with Gasteiger partial charge in [0.25, 0.3) is 0 Å². The molecule has 1 aliphatic heterocycles. The van der Waals surface area contributed by atoms with Gasteiger partial charge in [-0.1, -0.05) is 50.6 Å². The first-order chi connectivity index (χ1) is 10.4. The van der Waals surface area contributed by atoms with Crippen molar-refractivity contribution in [1.29, 1.82) is 0 Å². The van der Waals surface area contributed by atoms with Crippen LogP contribution in [0.1, 0.15) is 43.4 Å². The molecule has 2 heterocycles. The van der Waals surface area contributed by atoms with Crippen LogP contribution in [0.5, 0.6) is 0 Å². The highest BCUT2D eigenvalue weighted by Gasteiger charge is 2.23. The van der Waals surface area contributed by atoms with E-state index in [4.69, 9.17) is 16.6 Å². The van der Waals surface area contributed by atoms with Crippen molar-refractivity contribution in [2.75, 3.05) is 6.54 Å². The first-order valence-corrected chi connectivity index (χ1v) is 8.12. The van der Waals surface area contributed by atoms with Gasteiger partial charge in [-0.05, 0) is 11.6 Å². The maximum Gasteiger partial charge on any atom is 0.133 e. The van der Waals surface area contributed by atoms with Gasteiger partial charge in [-0.2, -0.15) is 0 Å². The summed E-state index contributed by atoms with van der Waals surface area (Å²) in [5, 5.41) is 0.840. The Kier molecular flexibility index (Phi) is 4.20. The normalized spacial score (nSPS) is 15.6. The maximum absolute atomic E-state index is 6.26. The van der Waals surface area contributed by atoms with Crippen molar-refractivity contribution >= 4 is 11.6 Å². The molecule has 0 atom stereocenters. The van der Waals surface area contributed by atoms with E-state index < -0.39 is 0 Å². The average molecular weight is 316 g/mol. The Bertz CT molecular complexity index is 676. The Balaban J connectivity index is 1.76. The van der Waals surface area contributed by atoms with Crippen LogP contribution in [0.25, 0.3) is 0 Å². The Morgan fingerprint density at radius 2 is 2.00 bits per heavy atom. The van der Waals surface area contributed by atoms with E-state index in [9.17, 15) is 0 Å². The third kappa shape index (κ3) is 3.31. The van der Waals surface area contributed by atoms with Gasteiger partial charge in [0.2, 0.25) is 0 Å². The van der Waals surface area contributed by atoms with E-state index in [2.05, 4.69) is 36.7 Å². The molecule has 3 nitrogen and oxygen atoms in total. The number of halogens is 1. The van der Waals surface area contributed by atoms with Crippen molar-refractivity contribution in [2.24, 2.45) is 0 Å². The molecule has 0 aliphatic carbocycles. The quantitative estimate of drug-likeness (QED) is 0.839. The zero-order chi connectivity index (χ0) is 15.7. The van der Waals surface area contributed by atoms with Gasteiger partial charge < -0.3 is 0 Å². The second kappa shape index (κ2) is 5.98. The van der Waals surface area contributed by atoms with Crippen molar-refractivity contribution < 1.29 is 0 Å². The fourth-order valence-corrected chi connectivity index (χ4v) is 2.93. The average Bonchev–Trinajstić information content (AvgIpc) is 2.48. The summed E-state index contributed by atoms with van der Waals surface area (Å²) in [6.45, 7) is 9.24. The molecule has 0 saturated heterocycles. The zero-order valence-corrected chi connectivity index (χ0v) is 14.2. The molecule has 0 N–H and O–H groups in total. The van der Waals surface area contributed by atoms with Crippen LogP contribution in [0.3, 0.4) is 0 Å². The minimum Gasteiger partial charge on any atom is -0.294 e. The van der Waals surface area contributed by atoms with E-state index in [0.29, 0.717) is 0 Å². The smallest absolute Gasteiger partial charge is 0.133 e. The molecule has 1 aromatic heterocycles. The molecular weight excluding hydrogens is 294 g/mol. The zero-order valence-electron chi connectivity index (χ0n) is 13.4. The van der Waals surface area contributed by atoms with Crippen molar-refractivity contribution in [3.63, 3.8) is 0 Å². The Morgan fingerprint density at radius 1 is 1.23 bits per heavy atom. The summed E-state index contributed by atoms with van der Waals surface area (Å²) in [7, 11) is 0. The van der Waals surface area contributed by atoms with Crippen LogP contribution < -0.4 is 0 Å². The van der Waals surface area contributed by atoms with Crippen molar-refractivity contribution in [3.8, 4) is 0 Å². The third-order valence-corrected chi connectivity index (χ3v) is 4.40. The molecule has 3 rings (SSSR count). The predicted molar refractivity (Wildman–Crippen MR) is 90.0 cm³/mol. The molecule has 1 aliphatic rings. The lowest BCUT2D eigenvalue weighted by atomic mass is 9.95. The summed E-state index contributed by atoms with van der Waals surface area (Å²) in [4.78, 5) is 11.7. The minimum absolute atomic E-state index is 0.00370. The van der Waals surface area contributed by atoms with Crippen molar-refractivity contribution in [3.05, 3.63) is 58.1 Å². The Labute approximate surface area is 137 Å². The molecule has 0 radical (unpaired) electrons. The molecule has 1 aromatic carbocycles. The van der Waals surface area contributed by atoms with E-state index in [-0.39, 0.29) is 5.41 Å².